The summed E-state index contributed by atoms with van der Waals surface area (Å²) < 4.78 is 14.2. The molecule has 0 saturated carbocycles. The normalized spacial score (nSPS) is 13.0. The molecule has 0 saturated heterocycles. The molecule has 0 spiro atoms. The molecule has 1 atom stereocenters. The zero-order valence-electron chi connectivity index (χ0n) is 14.2. The Morgan fingerprint density at radius 1 is 1.32 bits per heavy atom. The maximum Gasteiger partial charge on any atom is 0.253 e. The first-order valence-corrected chi connectivity index (χ1v) is 8.76. The summed E-state index contributed by atoms with van der Waals surface area (Å²) in [6, 6.07) is 7.90. The Morgan fingerprint density at radius 3 is 2.80 bits per heavy atom. The SMILES string of the molecule is Cc1cc(F)ccc1C(O)C(C)(C)NC(=O)c1cnc2ccsc2c1. The number of carbonyl (C=O) groups excluding carboxylic acids is 1. The average molecular weight is 358 g/mol. The van der Waals surface area contributed by atoms with Gasteiger partial charge in [0, 0.05) is 6.20 Å². The van der Waals surface area contributed by atoms with Crippen LogP contribution in [0.25, 0.3) is 10.2 Å². The molecule has 25 heavy (non-hydrogen) atoms. The predicted octanol–water partition coefficient (Wildman–Crippen LogP) is 3.99. The van der Waals surface area contributed by atoms with E-state index in [2.05, 4.69) is 10.3 Å². The highest BCUT2D eigenvalue weighted by atomic mass is 32.1. The Kier molecular flexibility index (Phi) is 4.58. The van der Waals surface area contributed by atoms with Crippen molar-refractivity contribution in [2.75, 3.05) is 0 Å². The lowest BCUT2D eigenvalue weighted by molar-refractivity contribution is 0.0631. The van der Waals surface area contributed by atoms with Crippen molar-refractivity contribution in [3.63, 3.8) is 0 Å². The molecule has 3 aromatic rings. The predicted molar refractivity (Wildman–Crippen MR) is 97.3 cm³/mol. The topological polar surface area (TPSA) is 62.2 Å². The minimum absolute atomic E-state index is 0.313. The van der Waals surface area contributed by atoms with Gasteiger partial charge in [-0.2, -0.15) is 0 Å². The van der Waals surface area contributed by atoms with Gasteiger partial charge in [-0.25, -0.2) is 4.39 Å². The Morgan fingerprint density at radius 2 is 2.08 bits per heavy atom. The van der Waals surface area contributed by atoms with Gasteiger partial charge in [-0.05, 0) is 61.5 Å². The van der Waals surface area contributed by atoms with Gasteiger partial charge in [-0.3, -0.25) is 9.78 Å². The average Bonchev–Trinajstić information content (AvgIpc) is 3.01. The van der Waals surface area contributed by atoms with Crippen LogP contribution in [0.2, 0.25) is 0 Å². The summed E-state index contributed by atoms with van der Waals surface area (Å²) in [7, 11) is 0. The van der Waals surface area contributed by atoms with Crippen LogP contribution < -0.4 is 5.32 Å². The van der Waals surface area contributed by atoms with Crippen molar-refractivity contribution in [2.45, 2.75) is 32.4 Å². The molecule has 0 radical (unpaired) electrons. The number of aliphatic hydroxyl groups is 1. The summed E-state index contributed by atoms with van der Waals surface area (Å²) in [5, 5.41) is 15.5. The van der Waals surface area contributed by atoms with Gasteiger partial charge in [0.2, 0.25) is 0 Å². The third kappa shape index (κ3) is 3.55. The van der Waals surface area contributed by atoms with Gasteiger partial charge in [0.25, 0.3) is 5.91 Å². The van der Waals surface area contributed by atoms with Gasteiger partial charge in [0.1, 0.15) is 11.9 Å². The molecular weight excluding hydrogens is 339 g/mol. The fourth-order valence-corrected chi connectivity index (χ4v) is 3.52. The number of nitrogens with zero attached hydrogens (tertiary/aromatic N) is 1. The number of hydrogen-bond donors (Lipinski definition) is 2. The number of pyridine rings is 1. The van der Waals surface area contributed by atoms with Gasteiger partial charge in [0.05, 0.1) is 21.3 Å². The molecule has 6 heteroatoms. The largest absolute Gasteiger partial charge is 0.386 e. The molecule has 1 aromatic carbocycles. The van der Waals surface area contributed by atoms with Crippen LogP contribution in [0.15, 0.2) is 41.9 Å². The first-order chi connectivity index (χ1) is 11.8. The van der Waals surface area contributed by atoms with E-state index in [1.165, 1.54) is 29.7 Å². The summed E-state index contributed by atoms with van der Waals surface area (Å²) in [6.07, 6.45) is 0.547. The molecule has 4 nitrogen and oxygen atoms in total. The van der Waals surface area contributed by atoms with Crippen molar-refractivity contribution in [3.8, 4) is 0 Å². The number of fused-ring (bicyclic) bond motifs is 1. The summed E-state index contributed by atoms with van der Waals surface area (Å²) in [4.78, 5) is 16.8. The molecule has 0 aliphatic rings. The Balaban J connectivity index is 1.82. The second-order valence-corrected chi connectivity index (χ2v) is 7.55. The maximum atomic E-state index is 13.3. The van der Waals surface area contributed by atoms with Crippen molar-refractivity contribution in [3.05, 3.63) is 64.4 Å². The number of thiophene rings is 1. The minimum Gasteiger partial charge on any atom is -0.386 e. The Labute approximate surface area is 149 Å². The molecule has 1 amide bonds. The lowest BCUT2D eigenvalue weighted by Gasteiger charge is -2.32. The van der Waals surface area contributed by atoms with E-state index in [0.717, 1.165) is 10.2 Å². The van der Waals surface area contributed by atoms with E-state index in [0.29, 0.717) is 16.7 Å². The molecule has 0 aliphatic heterocycles. The van der Waals surface area contributed by atoms with Gasteiger partial charge < -0.3 is 10.4 Å². The van der Waals surface area contributed by atoms with Crippen LogP contribution in [-0.2, 0) is 0 Å². The zero-order chi connectivity index (χ0) is 18.2. The first kappa shape index (κ1) is 17.5. The fourth-order valence-electron chi connectivity index (χ4n) is 2.74. The smallest absolute Gasteiger partial charge is 0.253 e. The number of carbonyl (C=O) groups is 1. The van der Waals surface area contributed by atoms with Crippen molar-refractivity contribution >= 4 is 27.5 Å². The van der Waals surface area contributed by atoms with E-state index in [1.54, 1.807) is 32.9 Å². The number of benzene rings is 1. The van der Waals surface area contributed by atoms with Crippen LogP contribution in [-0.4, -0.2) is 21.5 Å². The molecule has 3 rings (SSSR count). The van der Waals surface area contributed by atoms with Crippen LogP contribution in [0.3, 0.4) is 0 Å². The van der Waals surface area contributed by atoms with Crippen molar-refractivity contribution < 1.29 is 14.3 Å². The van der Waals surface area contributed by atoms with E-state index in [1.807, 2.05) is 11.4 Å². The molecule has 0 fully saturated rings. The van der Waals surface area contributed by atoms with Gasteiger partial charge >= 0.3 is 0 Å². The second-order valence-electron chi connectivity index (χ2n) is 6.61. The number of aromatic nitrogens is 1. The number of aryl methyl sites for hydroxylation is 1. The van der Waals surface area contributed by atoms with Crippen molar-refractivity contribution in [1.29, 1.82) is 0 Å². The molecule has 1 unspecified atom stereocenters. The fraction of sp³-hybridized carbons (Fsp3) is 0.263. The second kappa shape index (κ2) is 6.54. The number of nitrogens with one attached hydrogen (secondary N) is 1. The monoisotopic (exact) mass is 358 g/mol. The van der Waals surface area contributed by atoms with E-state index in [-0.39, 0.29) is 11.7 Å². The summed E-state index contributed by atoms with van der Waals surface area (Å²) >= 11 is 1.52. The lowest BCUT2D eigenvalue weighted by Crippen LogP contribution is -2.48. The Hall–Kier alpha value is -2.31. The molecule has 2 aromatic heterocycles. The van der Waals surface area contributed by atoms with E-state index >= 15 is 0 Å². The quantitative estimate of drug-likeness (QED) is 0.741. The van der Waals surface area contributed by atoms with E-state index < -0.39 is 11.6 Å². The van der Waals surface area contributed by atoms with Crippen LogP contribution in [0, 0.1) is 12.7 Å². The van der Waals surface area contributed by atoms with E-state index in [4.69, 9.17) is 0 Å². The standard InChI is InChI=1S/C19H19FN2O2S/c1-11-8-13(20)4-5-14(11)17(23)19(2,3)22-18(24)12-9-16-15(21-10-12)6-7-25-16/h4-10,17,23H,1-3H3,(H,22,24). The first-order valence-electron chi connectivity index (χ1n) is 7.88. The van der Waals surface area contributed by atoms with Gasteiger partial charge in [0.15, 0.2) is 0 Å². The third-order valence-electron chi connectivity index (χ3n) is 4.21. The Bertz CT molecular complexity index is 936. The van der Waals surface area contributed by atoms with E-state index in [9.17, 15) is 14.3 Å². The van der Waals surface area contributed by atoms with Crippen molar-refractivity contribution in [2.24, 2.45) is 0 Å². The van der Waals surface area contributed by atoms with Crippen LogP contribution in [0.1, 0.15) is 41.4 Å². The highest BCUT2D eigenvalue weighted by molar-refractivity contribution is 7.17. The van der Waals surface area contributed by atoms with Gasteiger partial charge in [-0.15, -0.1) is 11.3 Å². The maximum absolute atomic E-state index is 13.3. The highest BCUT2D eigenvalue weighted by Gasteiger charge is 2.32. The lowest BCUT2D eigenvalue weighted by atomic mass is 9.88. The van der Waals surface area contributed by atoms with Crippen LogP contribution in [0.4, 0.5) is 4.39 Å². The summed E-state index contributed by atoms with van der Waals surface area (Å²) in [5.74, 6) is -0.669. The van der Waals surface area contributed by atoms with Crippen LogP contribution in [0.5, 0.6) is 0 Å². The highest BCUT2D eigenvalue weighted by Crippen LogP contribution is 2.29. The number of hydrogen-bond acceptors (Lipinski definition) is 4. The number of rotatable bonds is 4. The number of halogens is 1. The number of aliphatic hydroxyl groups excluding tert-OH is 1. The molecule has 0 bridgehead atoms. The van der Waals surface area contributed by atoms with Crippen molar-refractivity contribution in [1.82, 2.24) is 10.3 Å². The molecule has 2 N–H and O–H groups in total. The molecular formula is C19H19FN2O2S. The number of amides is 1. The molecule has 0 aliphatic carbocycles. The van der Waals surface area contributed by atoms with Crippen LogP contribution >= 0.6 is 11.3 Å². The molecule has 130 valence electrons. The minimum atomic E-state index is -0.976. The molecule has 2 heterocycles. The third-order valence-corrected chi connectivity index (χ3v) is 5.06. The zero-order valence-corrected chi connectivity index (χ0v) is 15.0. The van der Waals surface area contributed by atoms with Gasteiger partial charge in [-0.1, -0.05) is 6.07 Å². The summed E-state index contributed by atoms with van der Waals surface area (Å²) in [6.45, 7) is 5.19. The summed E-state index contributed by atoms with van der Waals surface area (Å²) in [5.41, 5.74) is 1.56.